The van der Waals surface area contributed by atoms with Gasteiger partial charge < -0.3 is 9.84 Å². The van der Waals surface area contributed by atoms with Crippen molar-refractivity contribution in [1.29, 1.82) is 0 Å². The molecule has 0 saturated heterocycles. The predicted molar refractivity (Wildman–Crippen MR) is 95.5 cm³/mol. The van der Waals surface area contributed by atoms with Crippen molar-refractivity contribution < 1.29 is 13.7 Å². The molecule has 0 atom stereocenters. The van der Waals surface area contributed by atoms with Crippen LogP contribution in [0.25, 0.3) is 11.4 Å². The number of hydrogen-bond donors (Lipinski definition) is 2. The lowest BCUT2D eigenvalue weighted by molar-refractivity contribution is 0.101. The smallest absolute Gasteiger partial charge is 0.278 e. The van der Waals surface area contributed by atoms with Crippen molar-refractivity contribution in [2.75, 3.05) is 11.9 Å². The second kappa shape index (κ2) is 6.92. The number of aromatic nitrogens is 4. The molecule has 9 heteroatoms. The summed E-state index contributed by atoms with van der Waals surface area (Å²) in [7, 11) is 0. The Morgan fingerprint density at radius 1 is 1.41 bits per heavy atom. The summed E-state index contributed by atoms with van der Waals surface area (Å²) >= 11 is 0. The molecule has 3 heterocycles. The zero-order valence-corrected chi connectivity index (χ0v) is 15.0. The summed E-state index contributed by atoms with van der Waals surface area (Å²) in [5.41, 5.74) is 1.43. The van der Waals surface area contributed by atoms with Gasteiger partial charge in [-0.1, -0.05) is 11.2 Å². The van der Waals surface area contributed by atoms with E-state index < -0.39 is 11.7 Å². The summed E-state index contributed by atoms with van der Waals surface area (Å²) in [6.07, 6.45) is 1.99. The lowest BCUT2D eigenvalue weighted by Gasteiger charge is -2.29. The molecule has 1 amide bonds. The first-order valence-corrected chi connectivity index (χ1v) is 8.71. The number of aromatic amines is 1. The molecular formula is C18H19FN6O2. The molecule has 1 aliphatic rings. The number of carbonyl (C=O) groups excluding carboxylic acids is 1. The maximum atomic E-state index is 14.3. The van der Waals surface area contributed by atoms with Crippen LogP contribution in [0.2, 0.25) is 0 Å². The average molecular weight is 370 g/mol. The molecule has 0 spiro atoms. The van der Waals surface area contributed by atoms with E-state index in [-0.39, 0.29) is 22.8 Å². The molecule has 27 heavy (non-hydrogen) atoms. The van der Waals surface area contributed by atoms with Crippen LogP contribution in [0, 0.1) is 5.82 Å². The number of anilines is 1. The highest BCUT2D eigenvalue weighted by molar-refractivity contribution is 6.05. The minimum atomic E-state index is -0.516. The summed E-state index contributed by atoms with van der Waals surface area (Å²) in [5, 5.41) is 13.0. The molecule has 8 nitrogen and oxygen atoms in total. The van der Waals surface area contributed by atoms with E-state index in [1.807, 2.05) is 0 Å². The minimum absolute atomic E-state index is 0.143. The minimum Gasteiger partial charge on any atom is -0.360 e. The Labute approximate surface area is 154 Å². The Morgan fingerprint density at radius 2 is 2.26 bits per heavy atom. The van der Waals surface area contributed by atoms with Crippen LogP contribution >= 0.6 is 0 Å². The molecule has 0 saturated carbocycles. The van der Waals surface area contributed by atoms with Crippen molar-refractivity contribution in [1.82, 2.24) is 25.2 Å². The van der Waals surface area contributed by atoms with Crippen molar-refractivity contribution in [2.24, 2.45) is 0 Å². The topological polar surface area (TPSA) is 99.9 Å². The fourth-order valence-corrected chi connectivity index (χ4v) is 3.23. The van der Waals surface area contributed by atoms with Crippen LogP contribution in [0.3, 0.4) is 0 Å². The van der Waals surface area contributed by atoms with Crippen LogP contribution in [0.4, 0.5) is 10.1 Å². The molecule has 0 radical (unpaired) electrons. The molecule has 1 aliphatic heterocycles. The summed E-state index contributed by atoms with van der Waals surface area (Å²) in [6.45, 7) is 5.67. The predicted octanol–water partition coefficient (Wildman–Crippen LogP) is 2.62. The summed E-state index contributed by atoms with van der Waals surface area (Å²) in [6, 6.07) is 4.77. The van der Waals surface area contributed by atoms with Gasteiger partial charge in [0.2, 0.25) is 0 Å². The molecule has 1 aromatic carbocycles. The molecule has 3 aromatic rings. The number of halogens is 1. The molecule has 0 aliphatic carbocycles. The van der Waals surface area contributed by atoms with Crippen LogP contribution in [-0.2, 0) is 13.0 Å². The lowest BCUT2D eigenvalue weighted by Crippen LogP contribution is -2.36. The Hall–Kier alpha value is -3.07. The number of amides is 1. The number of H-pyrrole nitrogens is 1. The number of hydrogen-bond acceptors (Lipinski definition) is 6. The summed E-state index contributed by atoms with van der Waals surface area (Å²) in [5.74, 6) is -0.00185. The van der Waals surface area contributed by atoms with Gasteiger partial charge in [-0.25, -0.2) is 9.37 Å². The van der Waals surface area contributed by atoms with Gasteiger partial charge in [0.1, 0.15) is 17.9 Å². The third kappa shape index (κ3) is 3.21. The molecule has 2 aromatic heterocycles. The third-order valence-corrected chi connectivity index (χ3v) is 4.72. The molecule has 4 rings (SSSR count). The molecule has 140 valence electrons. The molecule has 2 N–H and O–H groups in total. The van der Waals surface area contributed by atoms with E-state index in [0.29, 0.717) is 19.0 Å². The Morgan fingerprint density at radius 3 is 3.00 bits per heavy atom. The second-order valence-corrected chi connectivity index (χ2v) is 6.70. The number of fused-ring (bicyclic) bond motifs is 1. The van der Waals surface area contributed by atoms with Crippen molar-refractivity contribution in [3.63, 3.8) is 0 Å². The Balaban J connectivity index is 1.64. The van der Waals surface area contributed by atoms with Gasteiger partial charge in [-0.15, -0.1) is 0 Å². The van der Waals surface area contributed by atoms with Crippen LogP contribution < -0.4 is 5.32 Å². The first kappa shape index (κ1) is 17.3. The van der Waals surface area contributed by atoms with Crippen LogP contribution in [0.15, 0.2) is 29.0 Å². The molecular weight excluding hydrogens is 351 g/mol. The highest BCUT2D eigenvalue weighted by Crippen LogP contribution is 2.29. The van der Waals surface area contributed by atoms with E-state index in [2.05, 4.69) is 44.4 Å². The maximum absolute atomic E-state index is 14.3. The number of nitrogens with zero attached hydrogens (tertiary/aromatic N) is 4. The van der Waals surface area contributed by atoms with Crippen molar-refractivity contribution in [3.8, 4) is 11.4 Å². The number of nitrogens with one attached hydrogen (secondary N) is 2. The standard InChI is InChI=1S/C18H19FN6O2/c1-10(2)25-7-6-14-11(8-25)16(24-27-14)18(26)22-13-5-3-4-12(19)15(13)17-20-9-21-23-17/h3-5,9-10H,6-8H2,1-2H3,(H,22,26)(H,20,21,23). The zero-order chi connectivity index (χ0) is 19.0. The van der Waals surface area contributed by atoms with E-state index in [1.165, 1.54) is 18.5 Å². The largest absolute Gasteiger partial charge is 0.360 e. The van der Waals surface area contributed by atoms with Gasteiger partial charge in [0.15, 0.2) is 11.5 Å². The average Bonchev–Trinajstić information content (AvgIpc) is 3.31. The van der Waals surface area contributed by atoms with E-state index >= 15 is 0 Å². The number of benzene rings is 1. The van der Waals surface area contributed by atoms with Gasteiger partial charge in [0.05, 0.1) is 11.3 Å². The van der Waals surface area contributed by atoms with Gasteiger partial charge in [0.25, 0.3) is 5.91 Å². The van der Waals surface area contributed by atoms with Gasteiger partial charge in [-0.3, -0.25) is 14.8 Å². The molecule has 0 unspecified atom stereocenters. The van der Waals surface area contributed by atoms with Gasteiger partial charge >= 0.3 is 0 Å². The second-order valence-electron chi connectivity index (χ2n) is 6.70. The van der Waals surface area contributed by atoms with Crippen LogP contribution in [0.5, 0.6) is 0 Å². The molecule has 0 fully saturated rings. The number of rotatable bonds is 4. The Kier molecular flexibility index (Phi) is 4.44. The van der Waals surface area contributed by atoms with Crippen molar-refractivity contribution in [3.05, 3.63) is 47.4 Å². The van der Waals surface area contributed by atoms with Crippen LogP contribution in [-0.4, -0.2) is 43.7 Å². The summed E-state index contributed by atoms with van der Waals surface area (Å²) in [4.78, 5) is 19.1. The van der Waals surface area contributed by atoms with Crippen molar-refractivity contribution in [2.45, 2.75) is 32.9 Å². The highest BCUT2D eigenvalue weighted by atomic mass is 19.1. The summed E-state index contributed by atoms with van der Waals surface area (Å²) < 4.78 is 19.7. The fourth-order valence-electron chi connectivity index (χ4n) is 3.23. The Bertz CT molecular complexity index is 966. The van der Waals surface area contributed by atoms with E-state index in [4.69, 9.17) is 4.52 Å². The zero-order valence-electron chi connectivity index (χ0n) is 15.0. The van der Waals surface area contributed by atoms with E-state index in [0.717, 1.165) is 17.9 Å². The normalized spacial score (nSPS) is 14.4. The van der Waals surface area contributed by atoms with Gasteiger partial charge in [0, 0.05) is 31.1 Å². The molecule has 0 bridgehead atoms. The van der Waals surface area contributed by atoms with E-state index in [9.17, 15) is 9.18 Å². The first-order chi connectivity index (χ1) is 13.0. The fraction of sp³-hybridized carbons (Fsp3) is 0.333. The van der Waals surface area contributed by atoms with E-state index in [1.54, 1.807) is 6.07 Å². The quantitative estimate of drug-likeness (QED) is 0.732. The van der Waals surface area contributed by atoms with Crippen LogP contribution in [0.1, 0.15) is 35.7 Å². The third-order valence-electron chi connectivity index (χ3n) is 4.72. The SMILES string of the molecule is CC(C)N1CCc2onc(C(=O)Nc3cccc(F)c3-c3ncn[nH]3)c2C1. The van der Waals surface area contributed by atoms with Gasteiger partial charge in [-0.2, -0.15) is 5.10 Å². The lowest BCUT2D eigenvalue weighted by atomic mass is 10.0. The maximum Gasteiger partial charge on any atom is 0.278 e. The van der Waals surface area contributed by atoms with Crippen molar-refractivity contribution >= 4 is 11.6 Å². The van der Waals surface area contributed by atoms with Gasteiger partial charge in [-0.05, 0) is 26.0 Å². The highest BCUT2D eigenvalue weighted by Gasteiger charge is 2.29. The first-order valence-electron chi connectivity index (χ1n) is 8.71. The monoisotopic (exact) mass is 370 g/mol. The number of carbonyl (C=O) groups is 1.